The lowest BCUT2D eigenvalue weighted by Crippen LogP contribution is -2.24. The summed E-state index contributed by atoms with van der Waals surface area (Å²) in [4.78, 5) is 25.3. The zero-order valence-corrected chi connectivity index (χ0v) is 16.4. The molecular formula is C20H18Cl2N2O3. The molecule has 2 aromatic carbocycles. The Balaban J connectivity index is 2.22. The zero-order chi connectivity index (χ0) is 19.7. The van der Waals surface area contributed by atoms with Gasteiger partial charge < -0.3 is 10.4 Å². The third kappa shape index (κ3) is 3.53. The van der Waals surface area contributed by atoms with Crippen LogP contribution in [0.5, 0.6) is 5.75 Å². The number of carbonyl (C=O) groups excluding carboxylic acids is 2. The summed E-state index contributed by atoms with van der Waals surface area (Å²) < 4.78 is 1.51. The predicted octanol–water partition coefficient (Wildman–Crippen LogP) is 4.33. The molecule has 140 valence electrons. The molecule has 0 spiro atoms. The second kappa shape index (κ2) is 7.62. The lowest BCUT2D eigenvalue weighted by Gasteiger charge is -2.08. The fourth-order valence-electron chi connectivity index (χ4n) is 3.14. The first-order valence-electron chi connectivity index (χ1n) is 8.43. The Morgan fingerprint density at radius 1 is 1.11 bits per heavy atom. The number of benzene rings is 2. The van der Waals surface area contributed by atoms with Gasteiger partial charge >= 0.3 is 0 Å². The molecular weight excluding hydrogens is 387 g/mol. The molecule has 0 aliphatic heterocycles. The summed E-state index contributed by atoms with van der Waals surface area (Å²) in [7, 11) is 0. The summed E-state index contributed by atoms with van der Waals surface area (Å²) in [6.45, 7) is 4.09. The van der Waals surface area contributed by atoms with Gasteiger partial charge in [0.1, 0.15) is 5.75 Å². The second-order valence-corrected chi connectivity index (χ2v) is 6.95. The van der Waals surface area contributed by atoms with Crippen LogP contribution in [0.4, 0.5) is 0 Å². The van der Waals surface area contributed by atoms with Gasteiger partial charge in [0.25, 0.3) is 5.91 Å². The smallest absolute Gasteiger partial charge is 0.262 e. The first-order chi connectivity index (χ1) is 12.8. The number of hydrogen-bond acceptors (Lipinski definition) is 3. The average molecular weight is 405 g/mol. The number of phenolic OH excluding ortho intramolecular Hbond substituents is 1. The molecule has 1 heterocycles. The summed E-state index contributed by atoms with van der Waals surface area (Å²) in [5, 5.41) is 13.9. The molecule has 0 bridgehead atoms. The van der Waals surface area contributed by atoms with Crippen molar-refractivity contribution in [2.45, 2.75) is 20.3 Å². The van der Waals surface area contributed by atoms with Crippen molar-refractivity contribution in [3.05, 3.63) is 63.3 Å². The van der Waals surface area contributed by atoms with Gasteiger partial charge in [-0.15, -0.1) is 0 Å². The molecule has 0 unspecified atom stereocenters. The summed E-state index contributed by atoms with van der Waals surface area (Å²) in [6.07, 6.45) is 0.0558. The van der Waals surface area contributed by atoms with E-state index in [1.165, 1.54) is 10.6 Å². The third-order valence-electron chi connectivity index (χ3n) is 4.42. The fourth-order valence-corrected chi connectivity index (χ4v) is 3.54. The van der Waals surface area contributed by atoms with Gasteiger partial charge in [0, 0.05) is 28.2 Å². The van der Waals surface area contributed by atoms with Crippen LogP contribution in [0.1, 0.15) is 28.5 Å². The van der Waals surface area contributed by atoms with Crippen LogP contribution in [0, 0.1) is 6.92 Å². The Hall–Kier alpha value is -2.50. The number of aromatic hydroxyl groups is 1. The topological polar surface area (TPSA) is 71.3 Å². The number of halogens is 2. The third-order valence-corrected chi connectivity index (χ3v) is 5.05. The van der Waals surface area contributed by atoms with Crippen molar-refractivity contribution in [1.29, 1.82) is 0 Å². The van der Waals surface area contributed by atoms with Gasteiger partial charge in [-0.05, 0) is 55.8 Å². The fraction of sp³-hybridized carbons (Fsp3) is 0.200. The predicted molar refractivity (Wildman–Crippen MR) is 107 cm³/mol. The number of fused-ring (bicyclic) bond motifs is 1. The largest absolute Gasteiger partial charge is 0.506 e. The van der Waals surface area contributed by atoms with E-state index in [1.54, 1.807) is 37.3 Å². The average Bonchev–Trinajstić information content (AvgIpc) is 2.91. The molecule has 1 amide bonds. The van der Waals surface area contributed by atoms with Crippen LogP contribution in [-0.2, 0) is 11.2 Å². The van der Waals surface area contributed by atoms with Crippen molar-refractivity contribution in [2.75, 3.05) is 6.54 Å². The summed E-state index contributed by atoms with van der Waals surface area (Å²) in [6, 6.07) is 9.63. The highest BCUT2D eigenvalue weighted by atomic mass is 35.5. The Bertz CT molecular complexity index is 1040. The van der Waals surface area contributed by atoms with Crippen molar-refractivity contribution in [3.63, 3.8) is 0 Å². The van der Waals surface area contributed by atoms with Gasteiger partial charge in [-0.2, -0.15) is 0 Å². The van der Waals surface area contributed by atoms with Crippen molar-refractivity contribution >= 4 is 45.9 Å². The molecule has 0 fully saturated rings. The number of hydrogen-bond donors (Lipinski definition) is 2. The highest BCUT2D eigenvalue weighted by Crippen LogP contribution is 2.38. The number of likely N-dealkylation sites (N-methyl/N-ethyl adjacent to an activating group) is 1. The van der Waals surface area contributed by atoms with Gasteiger partial charge in [0.05, 0.1) is 17.0 Å². The van der Waals surface area contributed by atoms with Crippen LogP contribution >= 0.6 is 23.2 Å². The Morgan fingerprint density at radius 3 is 2.41 bits per heavy atom. The van der Waals surface area contributed by atoms with Crippen LogP contribution in [0.2, 0.25) is 10.0 Å². The molecule has 0 aliphatic rings. The lowest BCUT2D eigenvalue weighted by molar-refractivity contribution is -0.120. The van der Waals surface area contributed by atoms with Gasteiger partial charge in [0.15, 0.2) is 0 Å². The Labute approximate surface area is 166 Å². The summed E-state index contributed by atoms with van der Waals surface area (Å²) in [5.74, 6) is -0.548. The van der Waals surface area contributed by atoms with E-state index < -0.39 is 0 Å². The van der Waals surface area contributed by atoms with Gasteiger partial charge in [-0.1, -0.05) is 23.2 Å². The number of carbonyl (C=O) groups is 2. The monoisotopic (exact) mass is 404 g/mol. The maximum atomic E-state index is 13.1. The maximum Gasteiger partial charge on any atom is 0.262 e. The van der Waals surface area contributed by atoms with Crippen LogP contribution < -0.4 is 5.32 Å². The van der Waals surface area contributed by atoms with E-state index in [9.17, 15) is 14.7 Å². The molecule has 27 heavy (non-hydrogen) atoms. The second-order valence-electron chi connectivity index (χ2n) is 6.13. The molecule has 2 N–H and O–H groups in total. The van der Waals surface area contributed by atoms with Crippen LogP contribution in [0.25, 0.3) is 10.9 Å². The van der Waals surface area contributed by atoms with E-state index >= 15 is 0 Å². The molecule has 0 radical (unpaired) electrons. The van der Waals surface area contributed by atoms with Crippen molar-refractivity contribution in [2.24, 2.45) is 0 Å². The number of nitrogens with zero attached hydrogens (tertiary/aromatic N) is 1. The minimum Gasteiger partial charge on any atom is -0.506 e. The van der Waals surface area contributed by atoms with Crippen LogP contribution in [0.3, 0.4) is 0 Å². The summed E-state index contributed by atoms with van der Waals surface area (Å²) >= 11 is 12.2. The number of phenols is 1. The molecule has 1 aromatic heterocycles. The van der Waals surface area contributed by atoms with E-state index in [0.717, 1.165) is 0 Å². The molecule has 3 rings (SSSR count). The van der Waals surface area contributed by atoms with Crippen molar-refractivity contribution < 1.29 is 14.7 Å². The standard InChI is InChI=1S/C20H18Cl2N2O3/c1-3-23-17(26)10-14-11(2)24(15-8-9-16(25)19(22)18(14)15)20(27)12-4-6-13(21)7-5-12/h4-9,25H,3,10H2,1-2H3,(H,23,26). The van der Waals surface area contributed by atoms with E-state index in [-0.39, 0.29) is 29.0 Å². The Kier molecular flexibility index (Phi) is 5.44. The molecule has 3 aromatic rings. The van der Waals surface area contributed by atoms with Gasteiger partial charge in [-0.25, -0.2) is 0 Å². The highest BCUT2D eigenvalue weighted by Gasteiger charge is 2.24. The van der Waals surface area contributed by atoms with Crippen LogP contribution in [-0.4, -0.2) is 28.0 Å². The van der Waals surface area contributed by atoms with Crippen molar-refractivity contribution in [1.82, 2.24) is 9.88 Å². The Morgan fingerprint density at radius 2 is 1.78 bits per heavy atom. The first-order valence-corrected chi connectivity index (χ1v) is 9.19. The number of nitrogens with one attached hydrogen (secondary N) is 1. The molecule has 0 atom stereocenters. The lowest BCUT2D eigenvalue weighted by atomic mass is 10.1. The van der Waals surface area contributed by atoms with E-state index in [1.807, 2.05) is 6.92 Å². The molecule has 5 nitrogen and oxygen atoms in total. The van der Waals surface area contributed by atoms with Crippen LogP contribution in [0.15, 0.2) is 36.4 Å². The number of amides is 1. The van der Waals surface area contributed by atoms with E-state index in [0.29, 0.717) is 39.3 Å². The molecule has 0 saturated carbocycles. The van der Waals surface area contributed by atoms with Gasteiger partial charge in [0.2, 0.25) is 5.91 Å². The molecule has 0 saturated heterocycles. The number of rotatable bonds is 4. The summed E-state index contributed by atoms with van der Waals surface area (Å²) in [5.41, 5.74) is 2.20. The maximum absolute atomic E-state index is 13.1. The molecule has 7 heteroatoms. The SMILES string of the molecule is CCNC(=O)Cc1c(C)n(C(=O)c2ccc(Cl)cc2)c2ccc(O)c(Cl)c12. The van der Waals surface area contributed by atoms with Gasteiger partial charge in [-0.3, -0.25) is 14.2 Å². The highest BCUT2D eigenvalue weighted by molar-refractivity contribution is 6.37. The quantitative estimate of drug-likeness (QED) is 0.679. The first kappa shape index (κ1) is 19.3. The number of aromatic nitrogens is 1. The van der Waals surface area contributed by atoms with Crippen molar-refractivity contribution in [3.8, 4) is 5.75 Å². The normalized spacial score (nSPS) is 11.0. The minimum absolute atomic E-state index is 0.0558. The van der Waals surface area contributed by atoms with E-state index in [2.05, 4.69) is 5.32 Å². The minimum atomic E-state index is -0.266. The molecule has 0 aliphatic carbocycles. The zero-order valence-electron chi connectivity index (χ0n) is 14.8. The van der Waals surface area contributed by atoms with E-state index in [4.69, 9.17) is 23.2 Å².